The van der Waals surface area contributed by atoms with E-state index in [9.17, 15) is 4.79 Å². The number of carbonyl (C=O) groups excluding carboxylic acids is 1. The van der Waals surface area contributed by atoms with Crippen LogP contribution >= 0.6 is 0 Å². The van der Waals surface area contributed by atoms with E-state index >= 15 is 0 Å². The van der Waals surface area contributed by atoms with Crippen molar-refractivity contribution in [1.29, 1.82) is 0 Å². The molecule has 0 N–H and O–H groups in total. The Labute approximate surface area is 115 Å². The monoisotopic (exact) mass is 267 g/mol. The molecule has 4 nitrogen and oxygen atoms in total. The van der Waals surface area contributed by atoms with Crippen molar-refractivity contribution in [2.45, 2.75) is 51.0 Å². The van der Waals surface area contributed by atoms with Crippen molar-refractivity contribution in [3.8, 4) is 0 Å². The number of ether oxygens (including phenoxy) is 2. The predicted octanol–water partition coefficient (Wildman–Crippen LogP) is 1.97. The summed E-state index contributed by atoms with van der Waals surface area (Å²) >= 11 is 0. The summed E-state index contributed by atoms with van der Waals surface area (Å²) in [6.07, 6.45) is 8.93. The third-order valence-electron chi connectivity index (χ3n) is 5.14. The van der Waals surface area contributed by atoms with Gasteiger partial charge in [0.25, 0.3) is 5.91 Å². The average Bonchev–Trinajstić information content (AvgIpc) is 2.49. The van der Waals surface area contributed by atoms with Gasteiger partial charge in [-0.2, -0.15) is 0 Å². The van der Waals surface area contributed by atoms with Crippen molar-refractivity contribution in [2.24, 2.45) is 5.41 Å². The zero-order valence-corrected chi connectivity index (χ0v) is 11.7. The molecule has 4 heteroatoms. The summed E-state index contributed by atoms with van der Waals surface area (Å²) in [7, 11) is 0. The summed E-state index contributed by atoms with van der Waals surface area (Å²) in [5, 5.41) is 0. The second kappa shape index (κ2) is 5.80. The standard InChI is InChI=1S/C15H25NO3/c17-14(13-12-18-10-11-19-13)16-8-6-15(7-9-16)4-2-1-3-5-15/h13H,1-12H2/t13-/m1/s1. The number of amides is 1. The Morgan fingerprint density at radius 3 is 2.37 bits per heavy atom. The van der Waals surface area contributed by atoms with Crippen LogP contribution in [0, 0.1) is 5.41 Å². The van der Waals surface area contributed by atoms with E-state index < -0.39 is 0 Å². The second-order valence-corrected chi connectivity index (χ2v) is 6.32. The van der Waals surface area contributed by atoms with Crippen LogP contribution in [0.3, 0.4) is 0 Å². The normalized spacial score (nSPS) is 31.4. The molecule has 19 heavy (non-hydrogen) atoms. The van der Waals surface area contributed by atoms with Crippen LogP contribution in [0.2, 0.25) is 0 Å². The van der Waals surface area contributed by atoms with E-state index in [0.29, 0.717) is 25.2 Å². The number of rotatable bonds is 1. The lowest BCUT2D eigenvalue weighted by Gasteiger charge is -2.45. The van der Waals surface area contributed by atoms with Crippen molar-refractivity contribution in [3.63, 3.8) is 0 Å². The van der Waals surface area contributed by atoms with Gasteiger partial charge in [0.15, 0.2) is 6.10 Å². The van der Waals surface area contributed by atoms with Crippen LogP contribution in [0.5, 0.6) is 0 Å². The summed E-state index contributed by atoms with van der Waals surface area (Å²) in [5.74, 6) is 0.144. The topological polar surface area (TPSA) is 38.8 Å². The molecular weight excluding hydrogens is 242 g/mol. The van der Waals surface area contributed by atoms with Gasteiger partial charge in [-0.1, -0.05) is 19.3 Å². The smallest absolute Gasteiger partial charge is 0.254 e. The van der Waals surface area contributed by atoms with E-state index in [1.165, 1.54) is 44.9 Å². The van der Waals surface area contributed by atoms with E-state index in [1.807, 2.05) is 4.90 Å². The third-order valence-corrected chi connectivity index (χ3v) is 5.14. The Kier molecular flexibility index (Phi) is 4.08. The Balaban J connectivity index is 1.52. The number of hydrogen-bond donors (Lipinski definition) is 0. The van der Waals surface area contributed by atoms with E-state index in [2.05, 4.69) is 0 Å². The van der Waals surface area contributed by atoms with Crippen LogP contribution in [0.25, 0.3) is 0 Å². The number of carbonyl (C=O) groups is 1. The molecule has 108 valence electrons. The molecule has 3 aliphatic rings. The SMILES string of the molecule is O=C([C@H]1COCCO1)N1CCC2(CCCCC2)CC1. The molecule has 3 rings (SSSR count). The van der Waals surface area contributed by atoms with Gasteiger partial charge in [0.05, 0.1) is 19.8 Å². The average molecular weight is 267 g/mol. The minimum absolute atomic E-state index is 0.144. The van der Waals surface area contributed by atoms with Gasteiger partial charge in [-0.05, 0) is 31.1 Å². The first-order valence-electron chi connectivity index (χ1n) is 7.77. The first kappa shape index (κ1) is 13.4. The number of hydrogen-bond acceptors (Lipinski definition) is 3. The molecule has 0 bridgehead atoms. The highest BCUT2D eigenvalue weighted by molar-refractivity contribution is 5.81. The molecule has 2 aliphatic heterocycles. The molecule has 2 heterocycles. The van der Waals surface area contributed by atoms with Gasteiger partial charge in [0, 0.05) is 13.1 Å². The fourth-order valence-electron chi connectivity index (χ4n) is 3.84. The van der Waals surface area contributed by atoms with Crippen molar-refractivity contribution >= 4 is 5.91 Å². The van der Waals surface area contributed by atoms with Gasteiger partial charge < -0.3 is 14.4 Å². The Morgan fingerprint density at radius 2 is 1.74 bits per heavy atom. The second-order valence-electron chi connectivity index (χ2n) is 6.32. The lowest BCUT2D eigenvalue weighted by Crippen LogP contribution is -2.50. The lowest BCUT2D eigenvalue weighted by molar-refractivity contribution is -0.160. The van der Waals surface area contributed by atoms with Gasteiger partial charge in [-0.25, -0.2) is 0 Å². The molecule has 0 unspecified atom stereocenters. The van der Waals surface area contributed by atoms with Crippen LogP contribution < -0.4 is 0 Å². The maximum absolute atomic E-state index is 12.3. The Morgan fingerprint density at radius 1 is 1.00 bits per heavy atom. The molecular formula is C15H25NO3. The summed E-state index contributed by atoms with van der Waals surface area (Å²) < 4.78 is 10.8. The van der Waals surface area contributed by atoms with Gasteiger partial charge in [0.2, 0.25) is 0 Å². The third kappa shape index (κ3) is 2.95. The van der Waals surface area contributed by atoms with E-state index in [-0.39, 0.29) is 12.0 Å². The largest absolute Gasteiger partial charge is 0.376 e. The summed E-state index contributed by atoms with van der Waals surface area (Å²) in [6.45, 7) is 3.43. The molecule has 1 spiro atoms. The lowest BCUT2D eigenvalue weighted by atomic mass is 9.68. The molecule has 0 radical (unpaired) electrons. The van der Waals surface area contributed by atoms with Crippen molar-refractivity contribution in [2.75, 3.05) is 32.9 Å². The predicted molar refractivity (Wildman–Crippen MR) is 71.9 cm³/mol. The molecule has 1 atom stereocenters. The maximum Gasteiger partial charge on any atom is 0.254 e. The number of likely N-dealkylation sites (tertiary alicyclic amines) is 1. The van der Waals surface area contributed by atoms with Gasteiger partial charge in [-0.3, -0.25) is 4.79 Å². The molecule has 1 saturated carbocycles. The molecule has 2 saturated heterocycles. The molecule has 1 aliphatic carbocycles. The number of piperidine rings is 1. The zero-order chi connectivity index (χ0) is 13.1. The Bertz CT molecular complexity index is 309. The minimum atomic E-state index is -0.353. The summed E-state index contributed by atoms with van der Waals surface area (Å²) in [5.41, 5.74) is 0.555. The van der Waals surface area contributed by atoms with Gasteiger partial charge in [-0.15, -0.1) is 0 Å². The van der Waals surface area contributed by atoms with Gasteiger partial charge in [0.1, 0.15) is 0 Å². The fourth-order valence-corrected chi connectivity index (χ4v) is 3.84. The molecule has 1 amide bonds. The fraction of sp³-hybridized carbons (Fsp3) is 0.933. The van der Waals surface area contributed by atoms with E-state index in [1.54, 1.807) is 0 Å². The van der Waals surface area contributed by atoms with Crippen molar-refractivity contribution < 1.29 is 14.3 Å². The van der Waals surface area contributed by atoms with Crippen molar-refractivity contribution in [3.05, 3.63) is 0 Å². The highest BCUT2D eigenvalue weighted by atomic mass is 16.6. The maximum atomic E-state index is 12.3. The van der Waals surface area contributed by atoms with Crippen LogP contribution in [0.15, 0.2) is 0 Å². The quantitative estimate of drug-likeness (QED) is 0.729. The molecule has 0 aromatic carbocycles. The van der Waals surface area contributed by atoms with E-state index in [0.717, 1.165) is 13.1 Å². The molecule has 0 aromatic heterocycles. The zero-order valence-electron chi connectivity index (χ0n) is 11.7. The van der Waals surface area contributed by atoms with Crippen LogP contribution in [0.4, 0.5) is 0 Å². The summed E-state index contributed by atoms with van der Waals surface area (Å²) in [4.78, 5) is 14.3. The van der Waals surface area contributed by atoms with Crippen LogP contribution in [-0.2, 0) is 14.3 Å². The minimum Gasteiger partial charge on any atom is -0.376 e. The van der Waals surface area contributed by atoms with Crippen LogP contribution in [0.1, 0.15) is 44.9 Å². The highest BCUT2D eigenvalue weighted by Gasteiger charge is 2.38. The molecule has 3 fully saturated rings. The Hall–Kier alpha value is -0.610. The van der Waals surface area contributed by atoms with E-state index in [4.69, 9.17) is 9.47 Å². The first-order chi connectivity index (χ1) is 9.29. The highest BCUT2D eigenvalue weighted by Crippen LogP contribution is 2.44. The molecule has 0 aromatic rings. The van der Waals surface area contributed by atoms with Crippen LogP contribution in [-0.4, -0.2) is 49.8 Å². The summed E-state index contributed by atoms with van der Waals surface area (Å²) in [6, 6.07) is 0. The van der Waals surface area contributed by atoms with Crippen molar-refractivity contribution in [1.82, 2.24) is 4.90 Å². The van der Waals surface area contributed by atoms with Gasteiger partial charge >= 0.3 is 0 Å². The first-order valence-corrected chi connectivity index (χ1v) is 7.77. The number of nitrogens with zero attached hydrogens (tertiary/aromatic N) is 1.